The monoisotopic (exact) mass is 386 g/mol. The predicted molar refractivity (Wildman–Crippen MR) is 123 cm³/mol. The highest BCUT2D eigenvalue weighted by atomic mass is 15.1. The van der Waals surface area contributed by atoms with Gasteiger partial charge in [-0.15, -0.1) is 5.73 Å². The van der Waals surface area contributed by atoms with Crippen LogP contribution < -0.4 is 16.4 Å². The maximum atomic E-state index is 5.76. The van der Waals surface area contributed by atoms with Gasteiger partial charge in [0.25, 0.3) is 0 Å². The molecule has 0 unspecified atom stereocenters. The van der Waals surface area contributed by atoms with Crippen LogP contribution in [0.2, 0.25) is 0 Å². The highest BCUT2D eigenvalue weighted by Crippen LogP contribution is 2.19. The lowest BCUT2D eigenvalue weighted by atomic mass is 9.97. The van der Waals surface area contributed by atoms with Crippen molar-refractivity contribution in [2.24, 2.45) is 5.73 Å². The molecule has 0 amide bonds. The maximum Gasteiger partial charge on any atom is 0.0680 e. The Hall–Kier alpha value is -1.74. The first kappa shape index (κ1) is 24.3. The Labute approximate surface area is 173 Å². The standard InChI is InChI=1S/C24H42N4/c1-5-8-12-24(27-15-13-21(4)25)20-28(16-6-2)17-14-22-10-9-11-23(18-22)19-26-7-3/h8,10,13,18,26-27H,5-7,9,11,14-17,19-20,25H2,1-4H3/b21-13-. The lowest BCUT2D eigenvalue weighted by Gasteiger charge is -2.24. The van der Waals surface area contributed by atoms with Crippen LogP contribution in [0.4, 0.5) is 0 Å². The molecule has 158 valence electrons. The molecule has 0 aromatic rings. The van der Waals surface area contributed by atoms with Crippen molar-refractivity contribution in [3.05, 3.63) is 52.6 Å². The van der Waals surface area contributed by atoms with Gasteiger partial charge in [0.1, 0.15) is 0 Å². The van der Waals surface area contributed by atoms with Gasteiger partial charge in [-0.2, -0.15) is 0 Å². The number of rotatable bonds is 14. The van der Waals surface area contributed by atoms with Crippen LogP contribution in [0.1, 0.15) is 59.8 Å². The quantitative estimate of drug-likeness (QED) is 0.391. The minimum atomic E-state index is 0.754. The summed E-state index contributed by atoms with van der Waals surface area (Å²) in [5.74, 6) is 0. The largest absolute Gasteiger partial charge is 0.402 e. The molecule has 0 saturated carbocycles. The van der Waals surface area contributed by atoms with Crippen molar-refractivity contribution in [3.8, 4) is 0 Å². The minimum absolute atomic E-state index is 0.754. The van der Waals surface area contributed by atoms with Crippen LogP contribution in [0, 0.1) is 0 Å². The number of hydrogen-bond acceptors (Lipinski definition) is 4. The van der Waals surface area contributed by atoms with E-state index in [2.05, 4.69) is 60.3 Å². The molecule has 4 N–H and O–H groups in total. The number of nitrogens with zero attached hydrogens (tertiary/aromatic N) is 1. The van der Waals surface area contributed by atoms with Crippen LogP contribution in [-0.4, -0.2) is 44.2 Å². The van der Waals surface area contributed by atoms with Crippen molar-refractivity contribution in [1.82, 2.24) is 15.5 Å². The van der Waals surface area contributed by atoms with Gasteiger partial charge >= 0.3 is 0 Å². The van der Waals surface area contributed by atoms with Crippen LogP contribution in [0.25, 0.3) is 0 Å². The van der Waals surface area contributed by atoms with E-state index in [-0.39, 0.29) is 0 Å². The highest BCUT2D eigenvalue weighted by molar-refractivity contribution is 5.28. The van der Waals surface area contributed by atoms with Gasteiger partial charge in [0.05, 0.1) is 5.70 Å². The molecule has 1 aliphatic rings. The van der Waals surface area contributed by atoms with Gasteiger partial charge in [-0.05, 0) is 64.3 Å². The van der Waals surface area contributed by atoms with Crippen LogP contribution in [0.5, 0.6) is 0 Å². The minimum Gasteiger partial charge on any atom is -0.402 e. The van der Waals surface area contributed by atoms with Crippen LogP contribution >= 0.6 is 0 Å². The van der Waals surface area contributed by atoms with Gasteiger partial charge in [0.15, 0.2) is 0 Å². The van der Waals surface area contributed by atoms with Gasteiger partial charge in [-0.25, -0.2) is 0 Å². The fourth-order valence-electron chi connectivity index (χ4n) is 3.25. The lowest BCUT2D eigenvalue weighted by Crippen LogP contribution is -2.32. The number of likely N-dealkylation sites (N-methyl/N-ethyl adjacent to an activating group) is 1. The normalized spacial score (nSPS) is 14.4. The van der Waals surface area contributed by atoms with Crippen molar-refractivity contribution in [2.75, 3.05) is 39.3 Å². The van der Waals surface area contributed by atoms with E-state index >= 15 is 0 Å². The molecule has 4 heteroatoms. The van der Waals surface area contributed by atoms with E-state index in [0.29, 0.717) is 0 Å². The average Bonchev–Trinajstić information content (AvgIpc) is 2.68. The van der Waals surface area contributed by atoms with Crippen LogP contribution in [0.15, 0.2) is 52.6 Å². The van der Waals surface area contributed by atoms with E-state index in [1.54, 1.807) is 5.57 Å². The van der Waals surface area contributed by atoms with E-state index in [1.165, 1.54) is 18.4 Å². The van der Waals surface area contributed by atoms with Crippen molar-refractivity contribution in [1.29, 1.82) is 0 Å². The van der Waals surface area contributed by atoms with Gasteiger partial charge in [-0.3, -0.25) is 4.90 Å². The molecule has 0 atom stereocenters. The van der Waals surface area contributed by atoms with Crippen LogP contribution in [-0.2, 0) is 0 Å². The number of allylic oxidation sites excluding steroid dienone is 3. The zero-order chi connectivity index (χ0) is 20.6. The fraction of sp³-hybridized carbons (Fsp3) is 0.625. The zero-order valence-corrected chi connectivity index (χ0v) is 18.6. The highest BCUT2D eigenvalue weighted by Gasteiger charge is 2.10. The molecular weight excluding hydrogens is 344 g/mol. The Balaban J connectivity index is 2.67. The molecule has 0 bridgehead atoms. The average molecular weight is 387 g/mol. The number of hydrogen-bond donors (Lipinski definition) is 3. The molecule has 0 fully saturated rings. The second-order valence-electron chi connectivity index (χ2n) is 7.49. The van der Waals surface area contributed by atoms with Gasteiger partial charge in [-0.1, -0.05) is 44.1 Å². The second-order valence-corrected chi connectivity index (χ2v) is 7.49. The van der Waals surface area contributed by atoms with Crippen molar-refractivity contribution < 1.29 is 0 Å². The Kier molecular flexibility index (Phi) is 13.2. The smallest absolute Gasteiger partial charge is 0.0680 e. The molecule has 28 heavy (non-hydrogen) atoms. The molecule has 0 aromatic heterocycles. The third-order valence-corrected chi connectivity index (χ3v) is 4.72. The molecule has 0 radical (unpaired) electrons. The first-order valence-corrected chi connectivity index (χ1v) is 11.0. The lowest BCUT2D eigenvalue weighted by molar-refractivity contribution is 0.296. The molecular formula is C24H42N4. The summed E-state index contributed by atoms with van der Waals surface area (Å²) in [6.07, 6.45) is 14.6. The van der Waals surface area contributed by atoms with E-state index in [0.717, 1.165) is 69.9 Å². The molecule has 0 saturated heterocycles. The Morgan fingerprint density at radius 2 is 2.11 bits per heavy atom. The summed E-state index contributed by atoms with van der Waals surface area (Å²) in [6, 6.07) is 0. The van der Waals surface area contributed by atoms with E-state index in [4.69, 9.17) is 5.73 Å². The fourth-order valence-corrected chi connectivity index (χ4v) is 3.25. The summed E-state index contributed by atoms with van der Waals surface area (Å²) in [7, 11) is 0. The number of nitrogens with one attached hydrogen (secondary N) is 2. The van der Waals surface area contributed by atoms with E-state index in [9.17, 15) is 0 Å². The first-order valence-electron chi connectivity index (χ1n) is 11.0. The molecule has 0 heterocycles. The first-order chi connectivity index (χ1) is 13.6. The summed E-state index contributed by atoms with van der Waals surface area (Å²) in [4.78, 5) is 2.53. The summed E-state index contributed by atoms with van der Waals surface area (Å²) in [5.41, 5.74) is 14.2. The third-order valence-electron chi connectivity index (χ3n) is 4.72. The molecule has 1 rings (SSSR count). The summed E-state index contributed by atoms with van der Waals surface area (Å²) in [6.45, 7) is 14.4. The summed E-state index contributed by atoms with van der Waals surface area (Å²) in [5, 5.41) is 6.94. The molecule has 0 aliphatic heterocycles. The summed E-state index contributed by atoms with van der Waals surface area (Å²) < 4.78 is 0. The third kappa shape index (κ3) is 11.2. The van der Waals surface area contributed by atoms with Crippen molar-refractivity contribution in [3.63, 3.8) is 0 Å². The van der Waals surface area contributed by atoms with Crippen molar-refractivity contribution in [2.45, 2.75) is 59.8 Å². The topological polar surface area (TPSA) is 53.3 Å². The molecule has 0 spiro atoms. The van der Waals surface area contributed by atoms with Gasteiger partial charge < -0.3 is 16.4 Å². The van der Waals surface area contributed by atoms with Crippen molar-refractivity contribution >= 4 is 0 Å². The molecule has 4 nitrogen and oxygen atoms in total. The zero-order valence-electron chi connectivity index (χ0n) is 18.6. The summed E-state index contributed by atoms with van der Waals surface area (Å²) >= 11 is 0. The SMILES string of the molecule is CCC=C=C(CN(CCC)CCC1=CCCC(CNCC)=C1)NC/C=C(/C)N. The molecule has 1 aliphatic carbocycles. The number of nitrogens with two attached hydrogens (primary N) is 1. The van der Waals surface area contributed by atoms with Gasteiger partial charge in [0, 0.05) is 31.9 Å². The Bertz CT molecular complexity index is 588. The molecule has 0 aromatic carbocycles. The Morgan fingerprint density at radius 3 is 2.79 bits per heavy atom. The Morgan fingerprint density at radius 1 is 1.29 bits per heavy atom. The predicted octanol–water partition coefficient (Wildman–Crippen LogP) is 4.25. The van der Waals surface area contributed by atoms with Crippen LogP contribution in [0.3, 0.4) is 0 Å². The van der Waals surface area contributed by atoms with Gasteiger partial charge in [0.2, 0.25) is 0 Å². The maximum absolute atomic E-state index is 5.76. The second kappa shape index (κ2) is 15.2. The van der Waals surface area contributed by atoms with E-state index < -0.39 is 0 Å². The van der Waals surface area contributed by atoms with E-state index in [1.807, 2.05) is 13.0 Å².